The summed E-state index contributed by atoms with van der Waals surface area (Å²) in [5.41, 5.74) is 0. The van der Waals surface area contributed by atoms with Gasteiger partial charge in [-0.3, -0.25) is 0 Å². The molecular formula is H7ClMgO2. The third-order valence-electron chi connectivity index (χ3n) is 0. The zero-order valence-electron chi connectivity index (χ0n) is 1.41. The molecule has 0 unspecified atom stereocenters. The molecule has 0 radical (unpaired) electrons. The Morgan fingerprint density at radius 3 is 0.750 bits per heavy atom. The molecule has 0 saturated heterocycles. The van der Waals surface area contributed by atoms with Crippen LogP contribution in [0.15, 0.2) is 0 Å². The van der Waals surface area contributed by atoms with E-state index in [2.05, 4.69) is 0 Å². The summed E-state index contributed by atoms with van der Waals surface area (Å²) in [5.74, 6) is 0. The molecule has 0 aliphatic carbocycles. The standard InChI is InChI=1S/ClH.Mg.2H2O.2H/h1H;;2*1H2;;. The van der Waals surface area contributed by atoms with Crippen LogP contribution in [0.5, 0.6) is 0 Å². The second-order valence-electron chi connectivity index (χ2n) is 0. The van der Waals surface area contributed by atoms with Crippen LogP contribution in [0.25, 0.3) is 0 Å². The highest BCUT2D eigenvalue weighted by atomic mass is 35.5. The van der Waals surface area contributed by atoms with E-state index in [1.165, 1.54) is 0 Å². The molecule has 0 aliphatic rings. The lowest BCUT2D eigenvalue weighted by Crippen LogP contribution is -0.381. The number of rotatable bonds is 0. The van der Waals surface area contributed by atoms with Crippen molar-refractivity contribution in [1.82, 2.24) is 0 Å². The molecule has 4 heteroatoms. The van der Waals surface area contributed by atoms with Gasteiger partial charge in [0.25, 0.3) is 0 Å². The predicted octanol–water partition coefficient (Wildman–Crippen LogP) is -2.14. The normalized spacial score (nSPS) is 0. The lowest BCUT2D eigenvalue weighted by Gasteiger charge is -0.413. The van der Waals surface area contributed by atoms with E-state index in [1.54, 1.807) is 0 Å². The quantitative estimate of drug-likeness (QED) is 0.311. The smallest absolute Gasteiger partial charge is 0.316 e. The molecule has 0 aromatic heterocycles. The van der Waals surface area contributed by atoms with Gasteiger partial charge >= 0.3 is 23.1 Å². The monoisotopic (exact) mass is 98.0 g/mol. The first-order valence-electron chi connectivity index (χ1n) is 0. The van der Waals surface area contributed by atoms with E-state index >= 15 is 0 Å². The molecule has 4 heavy (non-hydrogen) atoms. The van der Waals surface area contributed by atoms with E-state index in [9.17, 15) is 0 Å². The first-order chi connectivity index (χ1) is 0. The predicted molar refractivity (Wildman–Crippen MR) is 23.0 cm³/mol. The Balaban J connectivity index is 0. The Labute approximate surface area is 46.8 Å². The fraction of sp³-hybridized carbons (Fsp3) is 0. The lowest BCUT2D eigenvalue weighted by atomic mass is 16.0. The number of hydrogen-bond acceptors (Lipinski definition) is 0. The molecule has 0 aromatic carbocycles. The van der Waals surface area contributed by atoms with Crippen LogP contribution in [-0.2, 0) is 0 Å². The van der Waals surface area contributed by atoms with Crippen molar-refractivity contribution in [2.24, 2.45) is 0 Å². The molecule has 28 valence electrons. The Morgan fingerprint density at radius 1 is 0.750 bits per heavy atom. The van der Waals surface area contributed by atoms with Gasteiger partial charge in [-0.05, 0) is 0 Å². The molecule has 0 aliphatic heterocycles. The summed E-state index contributed by atoms with van der Waals surface area (Å²) < 4.78 is 0. The van der Waals surface area contributed by atoms with Crippen molar-refractivity contribution in [3.63, 3.8) is 0 Å². The first-order valence-corrected chi connectivity index (χ1v) is 0. The fourth-order valence-electron chi connectivity index (χ4n) is 0. The third kappa shape index (κ3) is 12.2. The van der Waals surface area contributed by atoms with E-state index in [0.717, 1.165) is 0 Å². The van der Waals surface area contributed by atoms with Gasteiger partial charge in [-0.1, -0.05) is 0 Å². The lowest BCUT2D eigenvalue weighted by molar-refractivity contribution is 0.823. The van der Waals surface area contributed by atoms with Crippen LogP contribution in [-0.4, -0.2) is 34.0 Å². The van der Waals surface area contributed by atoms with Crippen LogP contribution in [0.4, 0.5) is 0 Å². The summed E-state index contributed by atoms with van der Waals surface area (Å²) in [6.45, 7) is 0. The van der Waals surface area contributed by atoms with E-state index in [1.807, 2.05) is 0 Å². The summed E-state index contributed by atoms with van der Waals surface area (Å²) in [7, 11) is 0. The zero-order valence-corrected chi connectivity index (χ0v) is 2.22. The number of hydrogen-bond donors (Lipinski definition) is 0. The Morgan fingerprint density at radius 2 is 0.750 bits per heavy atom. The Kier molecular flexibility index (Phi) is 763. The highest BCUT2D eigenvalue weighted by Crippen LogP contribution is 0.690. The highest BCUT2D eigenvalue weighted by molar-refractivity contribution is 5.85. The minimum atomic E-state index is 0. The largest absolute Gasteiger partial charge is 0.412 e. The van der Waals surface area contributed by atoms with Gasteiger partial charge in [0.05, 0.1) is 0 Å². The van der Waals surface area contributed by atoms with Crippen molar-refractivity contribution in [3.8, 4) is 0 Å². The van der Waals surface area contributed by atoms with Gasteiger partial charge in [-0.2, -0.15) is 0 Å². The molecule has 4 N–H and O–H groups in total. The average molecular weight is 98.8 g/mol. The molecular weight excluding hydrogens is 91.8 g/mol. The summed E-state index contributed by atoms with van der Waals surface area (Å²) in [6, 6.07) is 0. The van der Waals surface area contributed by atoms with Crippen molar-refractivity contribution >= 4 is 35.5 Å². The average Bonchev–Trinajstić information content (AvgIpc) is 0. The summed E-state index contributed by atoms with van der Waals surface area (Å²) in [4.78, 5) is 0. The van der Waals surface area contributed by atoms with E-state index in [-0.39, 0.29) is 46.4 Å². The van der Waals surface area contributed by atoms with E-state index in [0.29, 0.717) is 0 Å². The van der Waals surface area contributed by atoms with Gasteiger partial charge in [0.1, 0.15) is 0 Å². The third-order valence-corrected chi connectivity index (χ3v) is 0. The van der Waals surface area contributed by atoms with Crippen LogP contribution in [0.1, 0.15) is 0 Å². The molecule has 0 rings (SSSR count). The van der Waals surface area contributed by atoms with Gasteiger partial charge in [0, 0.05) is 0 Å². The van der Waals surface area contributed by atoms with Crippen LogP contribution < -0.4 is 0 Å². The zero-order chi connectivity index (χ0) is 0. The molecule has 0 saturated carbocycles. The molecule has 2 nitrogen and oxygen atoms in total. The molecule has 0 aromatic rings. The minimum absolute atomic E-state index is 0. The van der Waals surface area contributed by atoms with Gasteiger partial charge < -0.3 is 11.0 Å². The molecule has 0 spiro atoms. The summed E-state index contributed by atoms with van der Waals surface area (Å²) in [5, 5.41) is 0. The van der Waals surface area contributed by atoms with Crippen LogP contribution >= 0.6 is 12.4 Å². The maximum Gasteiger partial charge on any atom is 0.316 e. The van der Waals surface area contributed by atoms with Crippen molar-refractivity contribution < 1.29 is 11.0 Å². The Hall–Kier alpha value is 0.976. The van der Waals surface area contributed by atoms with Crippen molar-refractivity contribution in [3.05, 3.63) is 0 Å². The SMILES string of the molecule is Cl.O.O.[MgH2]. The van der Waals surface area contributed by atoms with E-state index in [4.69, 9.17) is 0 Å². The first kappa shape index (κ1) is 82.6. The van der Waals surface area contributed by atoms with Crippen molar-refractivity contribution in [1.29, 1.82) is 0 Å². The topological polar surface area (TPSA) is 63.0 Å². The van der Waals surface area contributed by atoms with Crippen molar-refractivity contribution in [2.45, 2.75) is 0 Å². The number of halogens is 1. The second kappa shape index (κ2) is 37.0. The van der Waals surface area contributed by atoms with Gasteiger partial charge in [0.15, 0.2) is 0 Å². The van der Waals surface area contributed by atoms with Gasteiger partial charge in [-0.15, -0.1) is 12.4 Å². The second-order valence-corrected chi connectivity index (χ2v) is 0. The maximum atomic E-state index is 0. The van der Waals surface area contributed by atoms with Crippen molar-refractivity contribution in [2.75, 3.05) is 0 Å². The summed E-state index contributed by atoms with van der Waals surface area (Å²) >= 11 is 0. The molecule has 0 heterocycles. The summed E-state index contributed by atoms with van der Waals surface area (Å²) in [6.07, 6.45) is 0. The Bertz CT molecular complexity index is 6.00. The maximum absolute atomic E-state index is 0. The molecule has 0 fully saturated rings. The fourth-order valence-corrected chi connectivity index (χ4v) is 0. The molecule has 0 atom stereocenters. The van der Waals surface area contributed by atoms with Gasteiger partial charge in [0.2, 0.25) is 0 Å². The van der Waals surface area contributed by atoms with Crippen LogP contribution in [0.3, 0.4) is 0 Å². The van der Waals surface area contributed by atoms with E-state index < -0.39 is 0 Å². The van der Waals surface area contributed by atoms with Crippen LogP contribution in [0.2, 0.25) is 0 Å². The molecule has 0 amide bonds. The van der Waals surface area contributed by atoms with Crippen LogP contribution in [0, 0.1) is 0 Å². The highest BCUT2D eigenvalue weighted by Gasteiger charge is 0.316. The van der Waals surface area contributed by atoms with Gasteiger partial charge in [-0.25, -0.2) is 0 Å². The minimum Gasteiger partial charge on any atom is -0.412 e. The molecule has 0 bridgehead atoms.